The summed E-state index contributed by atoms with van der Waals surface area (Å²) in [5.74, 6) is 2.62. The monoisotopic (exact) mass is 552 g/mol. The minimum absolute atomic E-state index is 0.00267. The molecule has 0 aromatic heterocycles. The average molecular weight is 552 g/mol. The van der Waals surface area contributed by atoms with Crippen LogP contribution in [-0.4, -0.2) is 43.9 Å². The van der Waals surface area contributed by atoms with Gasteiger partial charge in [-0.15, -0.1) is 0 Å². The van der Waals surface area contributed by atoms with Crippen LogP contribution in [0.1, 0.15) is 163 Å². The molecule has 0 aromatic carbocycles. The molecule has 0 aliphatic rings. The van der Waals surface area contributed by atoms with Gasteiger partial charge in [-0.3, -0.25) is 4.79 Å². The number of unbranched alkanes of at least 4 members (excludes halogenated alkanes) is 13. The third-order valence-electron chi connectivity index (χ3n) is 8.55. The van der Waals surface area contributed by atoms with Crippen LogP contribution in [0.5, 0.6) is 0 Å². The van der Waals surface area contributed by atoms with Crippen molar-refractivity contribution in [2.45, 2.75) is 163 Å². The summed E-state index contributed by atoms with van der Waals surface area (Å²) >= 11 is 0. The standard InChI is InChI=1S/C35H69NO3/c1-7-36(6)29-33(23-19-15-11-8-9-14-18-22-28-37)24-20-16-12-10-13-17-21-25-35(38)39-30-34(32(4)5)27-26-31(2)3/h28,31-34H,7-27,29-30H2,1-6H3. The normalized spacial score (nSPS) is 13.4. The van der Waals surface area contributed by atoms with E-state index in [0.29, 0.717) is 30.8 Å². The van der Waals surface area contributed by atoms with Crippen LogP contribution in [0.25, 0.3) is 0 Å². The Morgan fingerprint density at radius 3 is 1.72 bits per heavy atom. The summed E-state index contributed by atoms with van der Waals surface area (Å²) in [6.07, 6.45) is 25.2. The van der Waals surface area contributed by atoms with Crippen LogP contribution in [0.2, 0.25) is 0 Å². The molecule has 2 atom stereocenters. The summed E-state index contributed by atoms with van der Waals surface area (Å²) in [6, 6.07) is 0. The Morgan fingerprint density at radius 1 is 0.718 bits per heavy atom. The Morgan fingerprint density at radius 2 is 1.23 bits per heavy atom. The van der Waals surface area contributed by atoms with E-state index in [-0.39, 0.29) is 5.97 Å². The Labute approximate surface area is 244 Å². The van der Waals surface area contributed by atoms with Crippen molar-refractivity contribution in [1.82, 2.24) is 4.90 Å². The third kappa shape index (κ3) is 25.8. The first-order chi connectivity index (χ1) is 18.8. The number of carbonyl (C=O) groups is 2. The highest BCUT2D eigenvalue weighted by atomic mass is 16.5. The van der Waals surface area contributed by atoms with Gasteiger partial charge in [0.1, 0.15) is 6.29 Å². The first-order valence-corrected chi connectivity index (χ1v) is 17.1. The van der Waals surface area contributed by atoms with E-state index in [1.165, 1.54) is 96.4 Å². The van der Waals surface area contributed by atoms with Crippen molar-refractivity contribution in [3.63, 3.8) is 0 Å². The van der Waals surface area contributed by atoms with Crippen molar-refractivity contribution in [1.29, 1.82) is 0 Å². The molecule has 232 valence electrons. The molecule has 0 radical (unpaired) electrons. The molecule has 0 amide bonds. The largest absolute Gasteiger partial charge is 0.465 e. The fourth-order valence-corrected chi connectivity index (χ4v) is 5.46. The molecule has 4 nitrogen and oxygen atoms in total. The first kappa shape index (κ1) is 38.1. The molecule has 0 saturated heterocycles. The third-order valence-corrected chi connectivity index (χ3v) is 8.55. The number of hydrogen-bond donors (Lipinski definition) is 0. The number of hydrogen-bond acceptors (Lipinski definition) is 4. The summed E-state index contributed by atoms with van der Waals surface area (Å²) in [6.45, 7) is 14.3. The highest BCUT2D eigenvalue weighted by Gasteiger charge is 2.16. The maximum Gasteiger partial charge on any atom is 0.305 e. The van der Waals surface area contributed by atoms with Gasteiger partial charge in [0, 0.05) is 19.4 Å². The van der Waals surface area contributed by atoms with Crippen LogP contribution in [0.3, 0.4) is 0 Å². The second kappa shape index (κ2) is 27.3. The summed E-state index contributed by atoms with van der Waals surface area (Å²) in [5, 5.41) is 0. The van der Waals surface area contributed by atoms with Gasteiger partial charge in [-0.1, -0.05) is 118 Å². The molecule has 0 spiro atoms. The van der Waals surface area contributed by atoms with Crippen LogP contribution in [0, 0.1) is 23.7 Å². The van der Waals surface area contributed by atoms with Gasteiger partial charge < -0.3 is 14.4 Å². The second-order valence-corrected chi connectivity index (χ2v) is 13.1. The SMILES string of the molecule is CCN(C)CC(CCCCCCCCCC=O)CCCCCCCCCC(=O)OCC(CCC(C)C)C(C)C. The maximum absolute atomic E-state index is 12.2. The lowest BCUT2D eigenvalue weighted by molar-refractivity contribution is -0.145. The number of rotatable bonds is 29. The lowest BCUT2D eigenvalue weighted by Crippen LogP contribution is -2.25. The maximum atomic E-state index is 12.2. The van der Waals surface area contributed by atoms with Crippen LogP contribution >= 0.6 is 0 Å². The molecular formula is C35H69NO3. The van der Waals surface area contributed by atoms with E-state index in [1.807, 2.05) is 0 Å². The molecule has 0 bridgehead atoms. The van der Waals surface area contributed by atoms with Gasteiger partial charge in [-0.2, -0.15) is 0 Å². The van der Waals surface area contributed by atoms with E-state index in [4.69, 9.17) is 4.74 Å². The number of ether oxygens (including phenoxy) is 1. The van der Waals surface area contributed by atoms with E-state index < -0.39 is 0 Å². The molecule has 0 aromatic rings. The smallest absolute Gasteiger partial charge is 0.305 e. The fourth-order valence-electron chi connectivity index (χ4n) is 5.46. The van der Waals surface area contributed by atoms with E-state index in [1.54, 1.807) is 0 Å². The molecule has 0 saturated carbocycles. The zero-order valence-corrected chi connectivity index (χ0v) is 27.3. The second-order valence-electron chi connectivity index (χ2n) is 13.1. The van der Waals surface area contributed by atoms with Gasteiger partial charge in [-0.25, -0.2) is 0 Å². The molecule has 2 unspecified atom stereocenters. The molecule has 0 N–H and O–H groups in total. The van der Waals surface area contributed by atoms with Crippen molar-refractivity contribution >= 4 is 12.3 Å². The molecular weight excluding hydrogens is 482 g/mol. The Kier molecular flexibility index (Phi) is 26.6. The number of aldehydes is 1. The Bertz CT molecular complexity index is 548. The van der Waals surface area contributed by atoms with Gasteiger partial charge in [0.2, 0.25) is 0 Å². The number of carbonyl (C=O) groups excluding carboxylic acids is 2. The average Bonchev–Trinajstić information content (AvgIpc) is 2.90. The van der Waals surface area contributed by atoms with Gasteiger partial charge in [0.25, 0.3) is 0 Å². The molecule has 39 heavy (non-hydrogen) atoms. The molecule has 0 fully saturated rings. The number of nitrogens with zero attached hydrogens (tertiary/aromatic N) is 1. The van der Waals surface area contributed by atoms with Crippen LogP contribution in [0.4, 0.5) is 0 Å². The summed E-state index contributed by atoms with van der Waals surface area (Å²) in [4.78, 5) is 25.1. The Hall–Kier alpha value is -0.900. The highest BCUT2D eigenvalue weighted by Crippen LogP contribution is 2.22. The van der Waals surface area contributed by atoms with Crippen molar-refractivity contribution < 1.29 is 14.3 Å². The minimum Gasteiger partial charge on any atom is -0.465 e. The molecule has 0 heterocycles. The zero-order valence-electron chi connectivity index (χ0n) is 27.3. The van der Waals surface area contributed by atoms with E-state index in [9.17, 15) is 9.59 Å². The van der Waals surface area contributed by atoms with E-state index in [0.717, 1.165) is 50.9 Å². The van der Waals surface area contributed by atoms with Crippen molar-refractivity contribution in [2.75, 3.05) is 26.7 Å². The molecule has 4 heteroatoms. The molecule has 0 aliphatic heterocycles. The predicted molar refractivity (Wildman–Crippen MR) is 169 cm³/mol. The molecule has 0 rings (SSSR count). The predicted octanol–water partition coefficient (Wildman–Crippen LogP) is 10.0. The van der Waals surface area contributed by atoms with Crippen LogP contribution < -0.4 is 0 Å². The summed E-state index contributed by atoms with van der Waals surface area (Å²) in [5.41, 5.74) is 0. The molecule has 0 aliphatic carbocycles. The Balaban J connectivity index is 3.85. The van der Waals surface area contributed by atoms with Crippen molar-refractivity contribution in [3.8, 4) is 0 Å². The fraction of sp³-hybridized carbons (Fsp3) is 0.943. The van der Waals surface area contributed by atoms with Gasteiger partial charge >= 0.3 is 5.97 Å². The van der Waals surface area contributed by atoms with Gasteiger partial charge in [0.05, 0.1) is 6.61 Å². The van der Waals surface area contributed by atoms with Crippen LogP contribution in [0.15, 0.2) is 0 Å². The zero-order chi connectivity index (χ0) is 29.1. The lowest BCUT2D eigenvalue weighted by atomic mass is 9.89. The van der Waals surface area contributed by atoms with Crippen molar-refractivity contribution in [3.05, 3.63) is 0 Å². The topological polar surface area (TPSA) is 46.6 Å². The summed E-state index contributed by atoms with van der Waals surface area (Å²) in [7, 11) is 2.26. The van der Waals surface area contributed by atoms with E-state index in [2.05, 4.69) is 46.6 Å². The minimum atomic E-state index is 0.00267. The lowest BCUT2D eigenvalue weighted by Gasteiger charge is -2.23. The summed E-state index contributed by atoms with van der Waals surface area (Å²) < 4.78 is 5.63. The van der Waals surface area contributed by atoms with Gasteiger partial charge in [-0.05, 0) is 69.4 Å². The van der Waals surface area contributed by atoms with Crippen LogP contribution in [-0.2, 0) is 14.3 Å². The quantitative estimate of drug-likeness (QED) is 0.0527. The number of esters is 1. The van der Waals surface area contributed by atoms with Crippen molar-refractivity contribution in [2.24, 2.45) is 23.7 Å². The van der Waals surface area contributed by atoms with E-state index >= 15 is 0 Å². The van der Waals surface area contributed by atoms with Gasteiger partial charge in [0.15, 0.2) is 0 Å². The highest BCUT2D eigenvalue weighted by molar-refractivity contribution is 5.69. The first-order valence-electron chi connectivity index (χ1n) is 17.1.